The molecular weight excluding hydrogens is 462 g/mol. The van der Waals surface area contributed by atoms with Crippen LogP contribution in [0, 0.1) is 5.82 Å². The van der Waals surface area contributed by atoms with Gasteiger partial charge in [-0.05, 0) is 54.6 Å². The molecule has 0 bridgehead atoms. The summed E-state index contributed by atoms with van der Waals surface area (Å²) in [6.45, 7) is 0. The maximum Gasteiger partial charge on any atom is 0.262 e. The van der Waals surface area contributed by atoms with Crippen molar-refractivity contribution in [2.75, 3.05) is 10.0 Å². The number of carbonyl (C=O) groups is 1. The van der Waals surface area contributed by atoms with E-state index in [2.05, 4.69) is 10.0 Å². The first-order valence-corrected chi connectivity index (χ1v) is 10.6. The number of hydrogen-bond acceptors (Lipinski definition) is 3. The summed E-state index contributed by atoms with van der Waals surface area (Å²) in [5.41, 5.74) is 0.0958. The Morgan fingerprint density at radius 3 is 2.28 bits per heavy atom. The van der Waals surface area contributed by atoms with Gasteiger partial charge in [0.25, 0.3) is 15.9 Å². The minimum Gasteiger partial charge on any atom is -0.319 e. The Hall–Kier alpha value is -2.32. The second kappa shape index (κ2) is 8.59. The SMILES string of the molecule is O=C(Nc1ccc(S(=O)(=O)Nc2cc(Cl)ccc2Cl)cc1F)c1cccc(Cl)c1. The Morgan fingerprint density at radius 2 is 1.59 bits per heavy atom. The minimum atomic E-state index is -4.14. The summed E-state index contributed by atoms with van der Waals surface area (Å²) in [4.78, 5) is 11.9. The van der Waals surface area contributed by atoms with Gasteiger partial charge in [0, 0.05) is 15.6 Å². The zero-order valence-corrected chi connectivity index (χ0v) is 17.5. The number of anilines is 2. The summed E-state index contributed by atoms with van der Waals surface area (Å²) < 4.78 is 41.7. The van der Waals surface area contributed by atoms with Crippen molar-refractivity contribution in [1.82, 2.24) is 0 Å². The molecule has 0 aliphatic rings. The quantitative estimate of drug-likeness (QED) is 0.489. The molecule has 0 spiro atoms. The lowest BCUT2D eigenvalue weighted by Crippen LogP contribution is -2.15. The summed E-state index contributed by atoms with van der Waals surface area (Å²) in [6.07, 6.45) is 0. The van der Waals surface area contributed by atoms with Gasteiger partial charge in [-0.2, -0.15) is 0 Å². The van der Waals surface area contributed by atoms with E-state index in [9.17, 15) is 17.6 Å². The van der Waals surface area contributed by atoms with Gasteiger partial charge in [-0.3, -0.25) is 9.52 Å². The predicted octanol–water partition coefficient (Wildman–Crippen LogP) is 5.84. The number of amides is 1. The third kappa shape index (κ3) is 5.19. The molecule has 2 N–H and O–H groups in total. The highest BCUT2D eigenvalue weighted by atomic mass is 35.5. The fourth-order valence-corrected chi connectivity index (χ4v) is 4.03. The minimum absolute atomic E-state index is 0.0536. The van der Waals surface area contributed by atoms with Crippen LogP contribution in [0.1, 0.15) is 10.4 Å². The van der Waals surface area contributed by atoms with Gasteiger partial charge >= 0.3 is 0 Å². The lowest BCUT2D eigenvalue weighted by Gasteiger charge is -2.12. The van der Waals surface area contributed by atoms with E-state index in [1.54, 1.807) is 12.1 Å². The molecule has 0 aliphatic carbocycles. The molecule has 150 valence electrons. The van der Waals surface area contributed by atoms with Gasteiger partial charge in [-0.25, -0.2) is 12.8 Å². The molecule has 0 heterocycles. The average molecular weight is 474 g/mol. The summed E-state index contributed by atoms with van der Waals surface area (Å²) in [5, 5.41) is 3.13. The molecule has 10 heteroatoms. The third-order valence-electron chi connectivity index (χ3n) is 3.76. The topological polar surface area (TPSA) is 75.3 Å². The van der Waals surface area contributed by atoms with Crippen LogP contribution in [0.15, 0.2) is 65.6 Å². The summed E-state index contributed by atoms with van der Waals surface area (Å²) >= 11 is 17.6. The van der Waals surface area contributed by atoms with Gasteiger partial charge in [-0.1, -0.05) is 40.9 Å². The van der Waals surface area contributed by atoms with E-state index < -0.39 is 21.7 Å². The zero-order chi connectivity index (χ0) is 21.2. The Bertz CT molecular complexity index is 1200. The van der Waals surface area contributed by atoms with Crippen molar-refractivity contribution in [2.24, 2.45) is 0 Å². The fourth-order valence-electron chi connectivity index (χ4n) is 2.37. The van der Waals surface area contributed by atoms with Gasteiger partial charge in [0.05, 0.1) is 21.3 Å². The van der Waals surface area contributed by atoms with Crippen LogP contribution in [-0.2, 0) is 10.0 Å². The number of halogens is 4. The van der Waals surface area contributed by atoms with Gasteiger partial charge in [0.15, 0.2) is 0 Å². The normalized spacial score (nSPS) is 11.2. The molecule has 5 nitrogen and oxygen atoms in total. The van der Waals surface area contributed by atoms with E-state index in [0.29, 0.717) is 5.02 Å². The monoisotopic (exact) mass is 472 g/mol. The number of sulfonamides is 1. The molecule has 0 saturated heterocycles. The molecule has 0 aliphatic heterocycles. The van der Waals surface area contributed by atoms with Gasteiger partial charge in [0.1, 0.15) is 5.82 Å². The molecule has 29 heavy (non-hydrogen) atoms. The first kappa shape index (κ1) is 21.4. The molecule has 0 fully saturated rings. The van der Waals surface area contributed by atoms with E-state index in [-0.39, 0.29) is 31.9 Å². The maximum absolute atomic E-state index is 14.4. The molecule has 3 aromatic carbocycles. The van der Waals surface area contributed by atoms with Crippen LogP contribution in [0.4, 0.5) is 15.8 Å². The molecule has 3 rings (SSSR count). The first-order valence-electron chi connectivity index (χ1n) is 8.00. The lowest BCUT2D eigenvalue weighted by atomic mass is 10.2. The number of rotatable bonds is 5. The Kier molecular flexibility index (Phi) is 6.33. The van der Waals surface area contributed by atoms with Crippen molar-refractivity contribution in [3.05, 3.63) is 87.1 Å². The summed E-state index contributed by atoms with van der Waals surface area (Å²) in [5.74, 6) is -1.52. The summed E-state index contributed by atoms with van der Waals surface area (Å²) in [6, 6.07) is 13.4. The fraction of sp³-hybridized carbons (Fsp3) is 0. The van der Waals surface area contributed by atoms with Gasteiger partial charge in [0.2, 0.25) is 0 Å². The van der Waals surface area contributed by atoms with Crippen LogP contribution < -0.4 is 10.0 Å². The van der Waals surface area contributed by atoms with E-state index in [1.165, 1.54) is 30.3 Å². The van der Waals surface area contributed by atoms with Crippen molar-refractivity contribution in [3.8, 4) is 0 Å². The number of carbonyl (C=O) groups excluding carboxylic acids is 1. The van der Waals surface area contributed by atoms with Crippen LogP contribution in [0.2, 0.25) is 15.1 Å². The molecule has 1 amide bonds. The molecular formula is C19H12Cl3FN2O3S. The maximum atomic E-state index is 14.4. The van der Waals surface area contributed by atoms with Crippen molar-refractivity contribution in [2.45, 2.75) is 4.90 Å². The Balaban J connectivity index is 1.83. The number of nitrogens with one attached hydrogen (secondary N) is 2. The number of benzene rings is 3. The number of hydrogen-bond donors (Lipinski definition) is 2. The largest absolute Gasteiger partial charge is 0.319 e. The highest BCUT2D eigenvalue weighted by Gasteiger charge is 2.19. The summed E-state index contributed by atoms with van der Waals surface area (Å²) in [7, 11) is -4.14. The second-order valence-corrected chi connectivity index (χ2v) is 8.80. The van der Waals surface area contributed by atoms with Crippen LogP contribution in [0.25, 0.3) is 0 Å². The molecule has 0 radical (unpaired) electrons. The van der Waals surface area contributed by atoms with Crippen molar-refractivity contribution < 1.29 is 17.6 Å². The molecule has 0 unspecified atom stereocenters. The zero-order valence-electron chi connectivity index (χ0n) is 14.4. The Labute approximate surface area is 181 Å². The van der Waals surface area contributed by atoms with Crippen LogP contribution in [0.3, 0.4) is 0 Å². The van der Waals surface area contributed by atoms with Gasteiger partial charge < -0.3 is 5.32 Å². The molecule has 0 atom stereocenters. The Morgan fingerprint density at radius 1 is 0.862 bits per heavy atom. The van der Waals surface area contributed by atoms with Crippen LogP contribution >= 0.6 is 34.8 Å². The smallest absolute Gasteiger partial charge is 0.262 e. The molecule has 0 aromatic heterocycles. The predicted molar refractivity (Wildman–Crippen MR) is 113 cm³/mol. The van der Waals surface area contributed by atoms with E-state index >= 15 is 0 Å². The average Bonchev–Trinajstić information content (AvgIpc) is 2.66. The highest BCUT2D eigenvalue weighted by Crippen LogP contribution is 2.28. The third-order valence-corrected chi connectivity index (χ3v) is 5.92. The molecule has 0 saturated carbocycles. The first-order chi connectivity index (χ1) is 13.7. The van der Waals surface area contributed by atoms with Crippen molar-refractivity contribution in [3.63, 3.8) is 0 Å². The van der Waals surface area contributed by atoms with Crippen molar-refractivity contribution in [1.29, 1.82) is 0 Å². The van der Waals surface area contributed by atoms with Crippen LogP contribution in [-0.4, -0.2) is 14.3 Å². The second-order valence-electron chi connectivity index (χ2n) is 5.84. The van der Waals surface area contributed by atoms with E-state index in [4.69, 9.17) is 34.8 Å². The lowest BCUT2D eigenvalue weighted by molar-refractivity contribution is 0.102. The van der Waals surface area contributed by atoms with Crippen LogP contribution in [0.5, 0.6) is 0 Å². The highest BCUT2D eigenvalue weighted by molar-refractivity contribution is 7.92. The van der Waals surface area contributed by atoms with E-state index in [0.717, 1.165) is 18.2 Å². The molecule has 3 aromatic rings. The standard InChI is InChI=1S/C19H12Cl3FN2O3S/c20-12-3-1-2-11(8-12)19(26)24-17-7-5-14(10-16(17)23)29(27,28)25-18-9-13(21)4-6-15(18)22/h1-10,25H,(H,24,26). The van der Waals surface area contributed by atoms with E-state index in [1.807, 2.05) is 0 Å². The van der Waals surface area contributed by atoms with Gasteiger partial charge in [-0.15, -0.1) is 0 Å². The van der Waals surface area contributed by atoms with Crippen molar-refractivity contribution >= 4 is 62.1 Å².